The van der Waals surface area contributed by atoms with Gasteiger partial charge in [-0.05, 0) is 37.1 Å². The van der Waals surface area contributed by atoms with Crippen molar-refractivity contribution in [3.05, 3.63) is 40.1 Å². The molecule has 0 fully saturated rings. The van der Waals surface area contributed by atoms with Crippen molar-refractivity contribution in [2.24, 2.45) is 5.92 Å². The van der Waals surface area contributed by atoms with Gasteiger partial charge in [0.1, 0.15) is 0 Å². The Hall–Kier alpha value is -1.28. The van der Waals surface area contributed by atoms with Crippen LogP contribution in [-0.2, 0) is 11.2 Å². The van der Waals surface area contributed by atoms with Gasteiger partial charge >= 0.3 is 0 Å². The molecule has 18 heavy (non-hydrogen) atoms. The van der Waals surface area contributed by atoms with Crippen LogP contribution in [0.4, 0.5) is 5.69 Å². The number of fused-ring (bicyclic) bond motifs is 3. The van der Waals surface area contributed by atoms with Gasteiger partial charge in [0.15, 0.2) is 5.78 Å². The standard InChI is InChI=1S/C15H16ClNO/c1-9-7-11-8-12(16)3-4-13(11)17-6-5-14(18)10(2)15(9)17/h3-4,8-9H,5-7H2,1-2H3/t9-/m0/s1. The summed E-state index contributed by atoms with van der Waals surface area (Å²) in [6.07, 6.45) is 1.58. The van der Waals surface area contributed by atoms with E-state index < -0.39 is 0 Å². The van der Waals surface area contributed by atoms with Gasteiger partial charge in [-0.3, -0.25) is 4.79 Å². The molecule has 0 bridgehead atoms. The minimum absolute atomic E-state index is 0.297. The number of anilines is 1. The van der Waals surface area contributed by atoms with Crippen molar-refractivity contribution in [2.75, 3.05) is 11.4 Å². The molecule has 0 unspecified atom stereocenters. The van der Waals surface area contributed by atoms with E-state index in [1.54, 1.807) is 0 Å². The number of nitrogens with zero attached hydrogens (tertiary/aromatic N) is 1. The van der Waals surface area contributed by atoms with Crippen molar-refractivity contribution in [3.8, 4) is 0 Å². The number of rotatable bonds is 0. The topological polar surface area (TPSA) is 20.3 Å². The lowest BCUT2D eigenvalue weighted by atomic mass is 9.85. The van der Waals surface area contributed by atoms with Crippen molar-refractivity contribution < 1.29 is 4.79 Å². The molecule has 1 atom stereocenters. The summed E-state index contributed by atoms with van der Waals surface area (Å²) in [5.74, 6) is 0.686. The molecule has 0 saturated heterocycles. The van der Waals surface area contributed by atoms with Gasteiger partial charge in [0.2, 0.25) is 0 Å². The molecule has 3 heteroatoms. The Balaban J connectivity index is 2.17. The van der Waals surface area contributed by atoms with Gasteiger partial charge < -0.3 is 4.90 Å². The van der Waals surface area contributed by atoms with E-state index in [2.05, 4.69) is 24.0 Å². The molecule has 0 N–H and O–H groups in total. The SMILES string of the molecule is CC1=C2[C@@H](C)Cc3cc(Cl)ccc3N2CCC1=O. The molecular weight excluding hydrogens is 246 g/mol. The van der Waals surface area contributed by atoms with Crippen LogP contribution >= 0.6 is 11.6 Å². The fourth-order valence-electron chi connectivity index (χ4n) is 3.16. The lowest BCUT2D eigenvalue weighted by Crippen LogP contribution is -2.39. The zero-order valence-corrected chi connectivity index (χ0v) is 11.4. The van der Waals surface area contributed by atoms with E-state index in [0.29, 0.717) is 18.1 Å². The van der Waals surface area contributed by atoms with E-state index in [1.165, 1.54) is 16.9 Å². The van der Waals surface area contributed by atoms with E-state index >= 15 is 0 Å². The van der Waals surface area contributed by atoms with Crippen molar-refractivity contribution in [3.63, 3.8) is 0 Å². The van der Waals surface area contributed by atoms with Crippen molar-refractivity contribution in [1.29, 1.82) is 0 Å². The van der Waals surface area contributed by atoms with Gasteiger partial charge in [-0.25, -0.2) is 0 Å². The Labute approximate surface area is 112 Å². The van der Waals surface area contributed by atoms with Gasteiger partial charge in [-0.1, -0.05) is 18.5 Å². The van der Waals surface area contributed by atoms with Gasteiger partial charge in [0.25, 0.3) is 0 Å². The summed E-state index contributed by atoms with van der Waals surface area (Å²) in [6.45, 7) is 4.94. The van der Waals surface area contributed by atoms with Crippen LogP contribution in [0.15, 0.2) is 29.5 Å². The van der Waals surface area contributed by atoms with Crippen LogP contribution in [0.25, 0.3) is 0 Å². The number of allylic oxidation sites excluding steroid dienone is 2. The van der Waals surface area contributed by atoms with E-state index in [4.69, 9.17) is 11.6 Å². The molecule has 0 spiro atoms. The van der Waals surface area contributed by atoms with E-state index in [9.17, 15) is 4.79 Å². The summed E-state index contributed by atoms with van der Waals surface area (Å²) in [6, 6.07) is 6.06. The number of Topliss-reactive ketones (excluding diaryl/α,β-unsaturated/α-hetero) is 1. The third-order valence-corrected chi connectivity index (χ3v) is 4.22. The highest BCUT2D eigenvalue weighted by Crippen LogP contribution is 2.40. The van der Waals surface area contributed by atoms with Crippen LogP contribution in [-0.4, -0.2) is 12.3 Å². The molecule has 0 aromatic heterocycles. The number of halogens is 1. The second kappa shape index (κ2) is 4.13. The smallest absolute Gasteiger partial charge is 0.162 e. The van der Waals surface area contributed by atoms with E-state index in [-0.39, 0.29) is 0 Å². The molecule has 3 rings (SSSR count). The first-order valence-electron chi connectivity index (χ1n) is 6.38. The van der Waals surface area contributed by atoms with Crippen molar-refractivity contribution in [2.45, 2.75) is 26.7 Å². The molecule has 2 aliphatic heterocycles. The van der Waals surface area contributed by atoms with Crippen LogP contribution in [0.2, 0.25) is 5.02 Å². The van der Waals surface area contributed by atoms with Crippen LogP contribution in [0.5, 0.6) is 0 Å². The van der Waals surface area contributed by atoms with Crippen molar-refractivity contribution >= 4 is 23.1 Å². The van der Waals surface area contributed by atoms with Crippen LogP contribution in [0.1, 0.15) is 25.8 Å². The highest BCUT2D eigenvalue weighted by molar-refractivity contribution is 6.30. The molecule has 94 valence electrons. The van der Waals surface area contributed by atoms with Gasteiger partial charge in [-0.2, -0.15) is 0 Å². The molecule has 1 aromatic rings. The Morgan fingerprint density at radius 3 is 2.94 bits per heavy atom. The number of carbonyl (C=O) groups excluding carboxylic acids is 1. The quantitative estimate of drug-likeness (QED) is 0.711. The monoisotopic (exact) mass is 261 g/mol. The molecule has 0 amide bonds. The minimum atomic E-state index is 0.297. The fourth-order valence-corrected chi connectivity index (χ4v) is 3.35. The normalized spacial score (nSPS) is 22.9. The highest BCUT2D eigenvalue weighted by Gasteiger charge is 2.32. The van der Waals surface area contributed by atoms with E-state index in [1.807, 2.05) is 13.0 Å². The fraction of sp³-hybridized carbons (Fsp3) is 0.400. The first-order chi connectivity index (χ1) is 8.58. The van der Waals surface area contributed by atoms with Crippen molar-refractivity contribution in [1.82, 2.24) is 0 Å². The predicted molar refractivity (Wildman–Crippen MR) is 74.0 cm³/mol. The number of benzene rings is 1. The molecule has 0 saturated carbocycles. The molecule has 2 aliphatic rings. The second-order valence-corrected chi connectivity index (χ2v) is 5.65. The molecule has 0 radical (unpaired) electrons. The van der Waals surface area contributed by atoms with Crippen LogP contribution < -0.4 is 4.90 Å². The zero-order valence-electron chi connectivity index (χ0n) is 10.7. The third-order valence-electron chi connectivity index (χ3n) is 3.98. The average Bonchev–Trinajstić information content (AvgIpc) is 2.32. The molecule has 0 aliphatic carbocycles. The first-order valence-corrected chi connectivity index (χ1v) is 6.75. The summed E-state index contributed by atoms with van der Waals surface area (Å²) in [5, 5.41) is 0.790. The largest absolute Gasteiger partial charge is 0.344 e. The summed E-state index contributed by atoms with van der Waals surface area (Å²) < 4.78 is 0. The maximum absolute atomic E-state index is 11.9. The van der Waals surface area contributed by atoms with Gasteiger partial charge in [0, 0.05) is 40.9 Å². The van der Waals surface area contributed by atoms with Gasteiger partial charge in [0.05, 0.1) is 0 Å². The molecule has 1 aromatic carbocycles. The second-order valence-electron chi connectivity index (χ2n) is 5.21. The lowest BCUT2D eigenvalue weighted by molar-refractivity contribution is -0.115. The summed E-state index contributed by atoms with van der Waals surface area (Å²) in [5.41, 5.74) is 4.66. The molecular formula is C15H16ClNO. The maximum Gasteiger partial charge on any atom is 0.162 e. The van der Waals surface area contributed by atoms with Gasteiger partial charge in [-0.15, -0.1) is 0 Å². The maximum atomic E-state index is 11.9. The van der Waals surface area contributed by atoms with Crippen LogP contribution in [0.3, 0.4) is 0 Å². The summed E-state index contributed by atoms with van der Waals surface area (Å²) >= 11 is 6.07. The van der Waals surface area contributed by atoms with Crippen LogP contribution in [0, 0.1) is 5.92 Å². The minimum Gasteiger partial charge on any atom is -0.344 e. The predicted octanol–water partition coefficient (Wildman–Crippen LogP) is 3.59. The molecule has 2 nitrogen and oxygen atoms in total. The Morgan fingerprint density at radius 1 is 1.39 bits per heavy atom. The Bertz CT molecular complexity index is 562. The third kappa shape index (κ3) is 1.67. The average molecular weight is 262 g/mol. The number of carbonyl (C=O) groups is 1. The number of hydrogen-bond donors (Lipinski definition) is 0. The molecule has 2 heterocycles. The Morgan fingerprint density at radius 2 is 2.17 bits per heavy atom. The number of ketones is 1. The number of hydrogen-bond acceptors (Lipinski definition) is 2. The van der Waals surface area contributed by atoms with E-state index in [0.717, 1.165) is 23.6 Å². The Kier molecular flexibility index (Phi) is 2.70. The first kappa shape index (κ1) is 11.8. The highest BCUT2D eigenvalue weighted by atomic mass is 35.5. The zero-order chi connectivity index (χ0) is 12.9. The lowest BCUT2D eigenvalue weighted by Gasteiger charge is -2.41. The summed E-state index contributed by atoms with van der Waals surface area (Å²) in [4.78, 5) is 14.2. The summed E-state index contributed by atoms with van der Waals surface area (Å²) in [7, 11) is 0.